The van der Waals surface area contributed by atoms with Gasteiger partial charge in [0.1, 0.15) is 0 Å². The Hall–Kier alpha value is -1.23. The molecule has 18 heavy (non-hydrogen) atoms. The van der Waals surface area contributed by atoms with Crippen molar-refractivity contribution >= 4 is 18.9 Å². The number of ether oxygens (including phenoxy) is 1. The lowest BCUT2D eigenvalue weighted by Crippen LogP contribution is -2.20. The highest BCUT2D eigenvalue weighted by molar-refractivity contribution is 7.62. The predicted octanol–water partition coefficient (Wildman–Crippen LogP) is 1.76. The maximum atomic E-state index is 12.6. The molecule has 6 nitrogen and oxygen atoms in total. The Kier molecular flexibility index (Phi) is 5.47. The number of carbonyl (C=O) groups is 1. The Labute approximate surface area is 106 Å². The van der Waals surface area contributed by atoms with Gasteiger partial charge in [-0.2, -0.15) is 0 Å². The van der Waals surface area contributed by atoms with Crippen LogP contribution < -0.4 is 5.30 Å². The SMILES string of the molecule is CCOP(=O)(OCC)c1cnccc1C(=O)OC. The highest BCUT2D eigenvalue weighted by Gasteiger charge is 2.32. The van der Waals surface area contributed by atoms with Gasteiger partial charge in [0.25, 0.3) is 0 Å². The first kappa shape index (κ1) is 14.8. The standard InChI is InChI=1S/C11H16NO5P/c1-4-16-18(14,17-5-2)10-8-12-7-6-9(10)11(13)15-3/h6-8H,4-5H2,1-3H3. The molecule has 0 aromatic carbocycles. The Morgan fingerprint density at radius 3 is 2.44 bits per heavy atom. The number of aromatic nitrogens is 1. The number of esters is 1. The van der Waals surface area contributed by atoms with Gasteiger partial charge in [0.15, 0.2) is 0 Å². The highest BCUT2D eigenvalue weighted by Crippen LogP contribution is 2.47. The van der Waals surface area contributed by atoms with E-state index < -0.39 is 13.6 Å². The van der Waals surface area contributed by atoms with Crippen molar-refractivity contribution in [2.75, 3.05) is 20.3 Å². The Bertz CT molecular complexity index is 453. The van der Waals surface area contributed by atoms with Crippen molar-refractivity contribution in [2.24, 2.45) is 0 Å². The van der Waals surface area contributed by atoms with E-state index in [1.807, 2.05) is 0 Å². The summed E-state index contributed by atoms with van der Waals surface area (Å²) in [5.74, 6) is -0.605. The fraction of sp³-hybridized carbons (Fsp3) is 0.455. The minimum absolute atomic E-state index is 0.126. The van der Waals surface area contributed by atoms with Crippen molar-refractivity contribution in [3.05, 3.63) is 24.0 Å². The number of nitrogens with zero attached hydrogens (tertiary/aromatic N) is 1. The number of hydrogen-bond acceptors (Lipinski definition) is 6. The van der Waals surface area contributed by atoms with E-state index in [9.17, 15) is 9.36 Å². The van der Waals surface area contributed by atoms with Gasteiger partial charge in [-0.3, -0.25) is 9.55 Å². The third-order valence-corrected chi connectivity index (χ3v) is 4.24. The van der Waals surface area contributed by atoms with E-state index in [2.05, 4.69) is 9.72 Å². The number of methoxy groups -OCH3 is 1. The molecular formula is C11H16NO5P. The van der Waals surface area contributed by atoms with Crippen LogP contribution in [0.15, 0.2) is 18.5 Å². The maximum Gasteiger partial charge on any atom is 0.363 e. The van der Waals surface area contributed by atoms with Crippen molar-refractivity contribution in [1.29, 1.82) is 0 Å². The molecule has 0 aliphatic rings. The summed E-state index contributed by atoms with van der Waals surface area (Å²) in [6, 6.07) is 1.42. The lowest BCUT2D eigenvalue weighted by Gasteiger charge is -2.18. The van der Waals surface area contributed by atoms with Crippen LogP contribution in [-0.2, 0) is 18.3 Å². The molecule has 100 valence electrons. The molecular weight excluding hydrogens is 257 g/mol. The van der Waals surface area contributed by atoms with Crippen molar-refractivity contribution in [1.82, 2.24) is 4.98 Å². The first-order chi connectivity index (χ1) is 8.59. The molecule has 0 aliphatic heterocycles. The van der Waals surface area contributed by atoms with Crippen LogP contribution in [-0.4, -0.2) is 31.3 Å². The molecule has 7 heteroatoms. The van der Waals surface area contributed by atoms with Gasteiger partial charge in [-0.05, 0) is 19.9 Å². The molecule has 0 radical (unpaired) electrons. The minimum Gasteiger partial charge on any atom is -0.465 e. The number of pyridine rings is 1. The minimum atomic E-state index is -3.54. The summed E-state index contributed by atoms with van der Waals surface area (Å²) in [4.78, 5) is 15.5. The van der Waals surface area contributed by atoms with Crippen LogP contribution in [0.3, 0.4) is 0 Å². The van der Waals surface area contributed by atoms with Crippen LogP contribution in [0, 0.1) is 0 Å². The van der Waals surface area contributed by atoms with E-state index in [4.69, 9.17) is 9.05 Å². The molecule has 1 aromatic rings. The van der Waals surface area contributed by atoms with Crippen molar-refractivity contribution in [2.45, 2.75) is 13.8 Å². The van der Waals surface area contributed by atoms with Crippen LogP contribution in [0.5, 0.6) is 0 Å². The van der Waals surface area contributed by atoms with Gasteiger partial charge in [0, 0.05) is 12.4 Å². The second kappa shape index (κ2) is 6.64. The van der Waals surface area contributed by atoms with Crippen LogP contribution in [0.4, 0.5) is 0 Å². The van der Waals surface area contributed by atoms with Crippen molar-refractivity contribution in [3.8, 4) is 0 Å². The third kappa shape index (κ3) is 3.16. The largest absolute Gasteiger partial charge is 0.465 e. The molecule has 0 unspecified atom stereocenters. The maximum absolute atomic E-state index is 12.6. The highest BCUT2D eigenvalue weighted by atomic mass is 31.2. The summed E-state index contributed by atoms with van der Waals surface area (Å²) in [6.07, 6.45) is 2.72. The van der Waals surface area contributed by atoms with E-state index in [1.165, 1.54) is 25.6 Å². The molecule has 0 amide bonds. The summed E-state index contributed by atoms with van der Waals surface area (Å²) in [5.41, 5.74) is 0.137. The number of rotatable bonds is 6. The quantitative estimate of drug-likeness (QED) is 0.580. The molecule has 0 N–H and O–H groups in total. The molecule has 1 aromatic heterocycles. The fourth-order valence-electron chi connectivity index (χ4n) is 1.40. The second-order valence-electron chi connectivity index (χ2n) is 3.22. The van der Waals surface area contributed by atoms with Crippen molar-refractivity contribution < 1.29 is 23.1 Å². The molecule has 0 spiro atoms. The predicted molar refractivity (Wildman–Crippen MR) is 66.1 cm³/mol. The molecule has 0 fully saturated rings. The zero-order valence-corrected chi connectivity index (χ0v) is 11.5. The van der Waals surface area contributed by atoms with E-state index >= 15 is 0 Å². The van der Waals surface area contributed by atoms with E-state index in [1.54, 1.807) is 13.8 Å². The molecule has 0 atom stereocenters. The zero-order valence-electron chi connectivity index (χ0n) is 10.6. The average Bonchev–Trinajstić information content (AvgIpc) is 2.38. The summed E-state index contributed by atoms with van der Waals surface area (Å²) in [5, 5.41) is 0.126. The fourth-order valence-corrected chi connectivity index (χ4v) is 3.10. The third-order valence-electron chi connectivity index (χ3n) is 2.10. The molecule has 1 heterocycles. The lowest BCUT2D eigenvalue weighted by atomic mass is 10.3. The molecule has 0 bridgehead atoms. The first-order valence-corrected chi connectivity index (χ1v) is 7.05. The average molecular weight is 273 g/mol. The summed E-state index contributed by atoms with van der Waals surface area (Å²) in [6.45, 7) is 3.79. The Balaban J connectivity index is 3.28. The summed E-state index contributed by atoms with van der Waals surface area (Å²) < 4.78 is 27.5. The number of hydrogen-bond donors (Lipinski definition) is 0. The molecule has 0 saturated heterocycles. The van der Waals surface area contributed by atoms with Crippen LogP contribution >= 0.6 is 7.60 Å². The molecule has 1 rings (SSSR count). The van der Waals surface area contributed by atoms with Crippen LogP contribution in [0.2, 0.25) is 0 Å². The Morgan fingerprint density at radius 2 is 1.94 bits per heavy atom. The van der Waals surface area contributed by atoms with Crippen molar-refractivity contribution in [3.63, 3.8) is 0 Å². The van der Waals surface area contributed by atoms with Gasteiger partial charge in [0.2, 0.25) is 0 Å². The summed E-state index contributed by atoms with van der Waals surface area (Å²) in [7, 11) is -2.29. The van der Waals surface area contributed by atoms with Crippen LogP contribution in [0.1, 0.15) is 24.2 Å². The molecule has 0 saturated carbocycles. The Morgan fingerprint density at radius 1 is 1.33 bits per heavy atom. The van der Waals surface area contributed by atoms with E-state index in [-0.39, 0.29) is 24.1 Å². The van der Waals surface area contributed by atoms with E-state index in [0.717, 1.165) is 0 Å². The smallest absolute Gasteiger partial charge is 0.363 e. The van der Waals surface area contributed by atoms with Gasteiger partial charge >= 0.3 is 13.6 Å². The van der Waals surface area contributed by atoms with Gasteiger partial charge < -0.3 is 13.8 Å². The van der Waals surface area contributed by atoms with E-state index in [0.29, 0.717) is 0 Å². The summed E-state index contributed by atoms with van der Waals surface area (Å²) >= 11 is 0. The van der Waals surface area contributed by atoms with Gasteiger partial charge in [-0.15, -0.1) is 0 Å². The van der Waals surface area contributed by atoms with Crippen LogP contribution in [0.25, 0.3) is 0 Å². The van der Waals surface area contributed by atoms with Gasteiger partial charge in [-0.1, -0.05) is 0 Å². The lowest BCUT2D eigenvalue weighted by molar-refractivity contribution is 0.0601. The second-order valence-corrected chi connectivity index (χ2v) is 5.21. The van der Waals surface area contributed by atoms with Gasteiger partial charge in [0.05, 0.1) is 31.2 Å². The normalized spacial score (nSPS) is 11.3. The topological polar surface area (TPSA) is 74.7 Å². The van der Waals surface area contributed by atoms with Gasteiger partial charge in [-0.25, -0.2) is 4.79 Å². The zero-order chi connectivity index (χ0) is 13.6. The monoisotopic (exact) mass is 273 g/mol. The first-order valence-electron chi connectivity index (χ1n) is 5.51. The number of carbonyl (C=O) groups excluding carboxylic acids is 1. The molecule has 0 aliphatic carbocycles.